The lowest BCUT2D eigenvalue weighted by Crippen LogP contribution is -2.22. The van der Waals surface area contributed by atoms with Gasteiger partial charge < -0.3 is 4.98 Å². The number of halogens is 2. The van der Waals surface area contributed by atoms with Gasteiger partial charge in [-0.25, -0.2) is 22.3 Å². The fourth-order valence-corrected chi connectivity index (χ4v) is 1.81. The molecule has 0 saturated heterocycles. The van der Waals surface area contributed by atoms with Gasteiger partial charge in [-0.05, 0) is 0 Å². The Morgan fingerprint density at radius 1 is 1.47 bits per heavy atom. The minimum absolute atomic E-state index is 0.247. The minimum atomic E-state index is -4.69. The van der Waals surface area contributed by atoms with Gasteiger partial charge in [0.1, 0.15) is 5.56 Å². The number of nitrogens with one attached hydrogen (secondary N) is 1. The molecular formula is C6H5F2N3O5S. The Bertz CT molecular complexity index is 623. The molecule has 11 heteroatoms. The molecule has 0 atom stereocenters. The largest absolute Gasteiger partial charge is 0.315 e. The molecule has 0 radical (unpaired) electrons. The first-order chi connectivity index (χ1) is 7.64. The van der Waals surface area contributed by atoms with E-state index in [9.17, 15) is 32.1 Å². The third-order valence-corrected chi connectivity index (χ3v) is 2.58. The Kier molecular flexibility index (Phi) is 3.24. The molecular weight excluding hydrogens is 264 g/mol. The quantitative estimate of drug-likeness (QED) is 0.581. The zero-order valence-corrected chi connectivity index (χ0v) is 8.70. The summed E-state index contributed by atoms with van der Waals surface area (Å²) in [7, 11) is -4.69. The number of nitro groups is 1. The highest BCUT2D eigenvalue weighted by molar-refractivity contribution is 7.89. The topological polar surface area (TPSA) is 136 Å². The zero-order valence-electron chi connectivity index (χ0n) is 7.88. The van der Waals surface area contributed by atoms with E-state index < -0.39 is 43.2 Å². The predicted octanol–water partition coefficient (Wildman–Crippen LogP) is -0.132. The van der Waals surface area contributed by atoms with Gasteiger partial charge in [-0.2, -0.15) is 0 Å². The third kappa shape index (κ3) is 2.62. The summed E-state index contributed by atoms with van der Waals surface area (Å²) in [6.07, 6.45) is -3.38. The van der Waals surface area contributed by atoms with E-state index in [-0.39, 0.29) is 6.07 Å². The molecule has 0 aromatic carbocycles. The lowest BCUT2D eigenvalue weighted by atomic mass is 10.2. The van der Waals surface area contributed by atoms with E-state index in [0.717, 1.165) is 0 Å². The molecule has 8 nitrogen and oxygen atoms in total. The van der Waals surface area contributed by atoms with E-state index >= 15 is 0 Å². The van der Waals surface area contributed by atoms with Crippen molar-refractivity contribution < 1.29 is 22.1 Å². The zero-order chi connectivity index (χ0) is 13.4. The first-order valence-corrected chi connectivity index (χ1v) is 5.41. The highest BCUT2D eigenvalue weighted by atomic mass is 32.2. The molecule has 0 spiro atoms. The smallest absolute Gasteiger partial charge is 0.306 e. The average Bonchev–Trinajstić information content (AvgIpc) is 2.14. The SMILES string of the molecule is NS(=O)(=O)c1[nH]c(=O)cc(C(F)F)c1[N+](=O)[O-]. The van der Waals surface area contributed by atoms with Crippen molar-refractivity contribution in [3.8, 4) is 0 Å². The summed E-state index contributed by atoms with van der Waals surface area (Å²) in [4.78, 5) is 21.6. The van der Waals surface area contributed by atoms with Crippen LogP contribution in [0.1, 0.15) is 12.0 Å². The Morgan fingerprint density at radius 3 is 2.35 bits per heavy atom. The molecule has 1 heterocycles. The van der Waals surface area contributed by atoms with Gasteiger partial charge in [0.05, 0.1) is 4.92 Å². The number of primary sulfonamides is 1. The number of hydrogen-bond acceptors (Lipinski definition) is 5. The molecule has 1 aromatic rings. The number of aromatic nitrogens is 1. The number of nitrogens with two attached hydrogens (primary N) is 1. The molecule has 0 amide bonds. The van der Waals surface area contributed by atoms with E-state index in [2.05, 4.69) is 5.14 Å². The van der Waals surface area contributed by atoms with Crippen LogP contribution in [-0.4, -0.2) is 18.3 Å². The number of nitrogens with zero attached hydrogens (tertiary/aromatic N) is 1. The van der Waals surface area contributed by atoms with Crippen LogP contribution < -0.4 is 10.7 Å². The van der Waals surface area contributed by atoms with Crippen molar-refractivity contribution in [2.75, 3.05) is 0 Å². The van der Waals surface area contributed by atoms with Crippen LogP contribution in [-0.2, 0) is 10.0 Å². The number of pyridine rings is 1. The molecule has 0 bridgehead atoms. The number of rotatable bonds is 3. The van der Waals surface area contributed by atoms with Gasteiger partial charge >= 0.3 is 5.69 Å². The summed E-state index contributed by atoms with van der Waals surface area (Å²) in [5.74, 6) is 0. The van der Waals surface area contributed by atoms with Crippen LogP contribution >= 0.6 is 0 Å². The molecule has 0 saturated carbocycles. The van der Waals surface area contributed by atoms with Crippen LogP contribution in [0.3, 0.4) is 0 Å². The van der Waals surface area contributed by atoms with Crippen LogP contribution in [0, 0.1) is 10.1 Å². The Morgan fingerprint density at radius 2 is 2.00 bits per heavy atom. The van der Waals surface area contributed by atoms with Crippen LogP contribution in [0.15, 0.2) is 15.9 Å². The van der Waals surface area contributed by atoms with E-state index in [1.165, 1.54) is 0 Å². The van der Waals surface area contributed by atoms with Crippen molar-refractivity contribution >= 4 is 15.7 Å². The maximum atomic E-state index is 12.4. The number of alkyl halides is 2. The number of sulfonamides is 1. The second kappa shape index (κ2) is 4.18. The van der Waals surface area contributed by atoms with Crippen LogP contribution in [0.5, 0.6) is 0 Å². The lowest BCUT2D eigenvalue weighted by molar-refractivity contribution is -0.389. The van der Waals surface area contributed by atoms with Gasteiger partial charge in [-0.15, -0.1) is 0 Å². The van der Waals surface area contributed by atoms with Gasteiger partial charge in [-0.3, -0.25) is 14.9 Å². The summed E-state index contributed by atoms with van der Waals surface area (Å²) in [5, 5.41) is 13.8. The molecule has 94 valence electrons. The standard InChI is InChI=1S/C6H5F2N3O5S/c7-5(8)2-1-3(12)10-6(17(9,15)16)4(2)11(13)14/h1,5H,(H,10,12)(H2,9,15,16). The summed E-state index contributed by atoms with van der Waals surface area (Å²) >= 11 is 0. The van der Waals surface area contributed by atoms with Crippen molar-refractivity contribution in [1.29, 1.82) is 0 Å². The van der Waals surface area contributed by atoms with E-state index in [1.807, 2.05) is 0 Å². The summed E-state index contributed by atoms with van der Waals surface area (Å²) in [6.45, 7) is 0. The second-order valence-electron chi connectivity index (χ2n) is 2.87. The first kappa shape index (κ1) is 13.2. The molecule has 0 fully saturated rings. The predicted molar refractivity (Wildman–Crippen MR) is 50.0 cm³/mol. The van der Waals surface area contributed by atoms with Crippen molar-refractivity contribution in [2.45, 2.75) is 11.5 Å². The highest BCUT2D eigenvalue weighted by Crippen LogP contribution is 2.31. The number of hydrogen-bond donors (Lipinski definition) is 2. The maximum Gasteiger partial charge on any atom is 0.315 e. The average molecular weight is 269 g/mol. The van der Waals surface area contributed by atoms with Crippen LogP contribution in [0.2, 0.25) is 0 Å². The highest BCUT2D eigenvalue weighted by Gasteiger charge is 2.32. The van der Waals surface area contributed by atoms with Gasteiger partial charge in [0.25, 0.3) is 16.4 Å². The van der Waals surface area contributed by atoms with Crippen molar-refractivity contribution in [1.82, 2.24) is 4.98 Å². The third-order valence-electron chi connectivity index (χ3n) is 1.71. The normalized spacial score (nSPS) is 11.8. The van der Waals surface area contributed by atoms with E-state index in [0.29, 0.717) is 0 Å². The monoisotopic (exact) mass is 269 g/mol. The van der Waals surface area contributed by atoms with Crippen LogP contribution in [0.25, 0.3) is 0 Å². The summed E-state index contributed by atoms with van der Waals surface area (Å²) in [6, 6.07) is 0.247. The molecule has 1 rings (SSSR count). The number of aromatic amines is 1. The Labute approximate surface area is 92.3 Å². The van der Waals surface area contributed by atoms with Gasteiger partial charge in [0.2, 0.25) is 10.6 Å². The van der Waals surface area contributed by atoms with Crippen molar-refractivity contribution in [2.24, 2.45) is 5.14 Å². The first-order valence-electron chi connectivity index (χ1n) is 3.87. The molecule has 0 unspecified atom stereocenters. The second-order valence-corrected chi connectivity index (χ2v) is 4.37. The summed E-state index contributed by atoms with van der Waals surface area (Å²) in [5.41, 5.74) is -3.96. The maximum absolute atomic E-state index is 12.4. The fraction of sp³-hybridized carbons (Fsp3) is 0.167. The fourth-order valence-electron chi connectivity index (χ4n) is 1.11. The van der Waals surface area contributed by atoms with E-state index in [4.69, 9.17) is 0 Å². The van der Waals surface area contributed by atoms with Crippen molar-refractivity contribution in [3.63, 3.8) is 0 Å². The summed E-state index contributed by atoms with van der Waals surface area (Å²) < 4.78 is 46.8. The Hall–Kier alpha value is -1.88. The Balaban J connectivity index is 3.83. The molecule has 0 aliphatic carbocycles. The van der Waals surface area contributed by atoms with Gasteiger partial charge in [0, 0.05) is 6.07 Å². The van der Waals surface area contributed by atoms with Crippen LogP contribution in [0.4, 0.5) is 14.5 Å². The lowest BCUT2D eigenvalue weighted by Gasteiger charge is -2.04. The molecule has 3 N–H and O–H groups in total. The molecule has 0 aliphatic heterocycles. The molecule has 0 aliphatic rings. The van der Waals surface area contributed by atoms with E-state index in [1.54, 1.807) is 4.98 Å². The minimum Gasteiger partial charge on any atom is -0.306 e. The molecule has 1 aromatic heterocycles. The number of H-pyrrole nitrogens is 1. The van der Waals surface area contributed by atoms with Crippen molar-refractivity contribution in [3.05, 3.63) is 32.1 Å². The van der Waals surface area contributed by atoms with Gasteiger partial charge in [-0.1, -0.05) is 0 Å². The molecule has 17 heavy (non-hydrogen) atoms. The van der Waals surface area contributed by atoms with Gasteiger partial charge in [0.15, 0.2) is 0 Å².